The Morgan fingerprint density at radius 3 is 0.778 bits per heavy atom. The summed E-state index contributed by atoms with van der Waals surface area (Å²) in [6.45, 7) is 0. The van der Waals surface area contributed by atoms with Gasteiger partial charge in [0.15, 0.2) is 22.3 Å². The second-order valence-electron chi connectivity index (χ2n) is 35.9. The highest BCUT2D eigenvalue weighted by Gasteiger charge is 2.33. The van der Waals surface area contributed by atoms with Crippen LogP contribution in [0, 0.1) is 0 Å². The Morgan fingerprint density at radius 2 is 0.370 bits per heavy atom. The summed E-state index contributed by atoms with van der Waals surface area (Å²) in [5.74, 6) is 0. The third-order valence-electron chi connectivity index (χ3n) is 29.2. The van der Waals surface area contributed by atoms with Crippen LogP contribution < -0.4 is 0 Å². The first-order valence-electron chi connectivity index (χ1n) is 46.1. The minimum Gasteiger partial charge on any atom is -0.456 e. The molecule has 33 aromatic rings. The van der Waals surface area contributed by atoms with Crippen LogP contribution in [0.5, 0.6) is 0 Å². The molecular weight excluding hydrogens is 1650 g/mol. The molecule has 0 spiro atoms. The zero-order chi connectivity index (χ0) is 87.7. The molecule has 9 aromatic heterocycles. The first-order chi connectivity index (χ1) is 67.1. The summed E-state index contributed by atoms with van der Waals surface area (Å²) >= 11 is 0. The van der Waals surface area contributed by atoms with Crippen molar-refractivity contribution in [2.24, 2.45) is 0 Å². The van der Waals surface area contributed by atoms with E-state index in [1.807, 2.05) is 36.4 Å². The SMILES string of the molecule is c1ccc2c(c1)oc1c(-n3c4ccccc4c4c5c6ccccc6c6ccccc6c5c5c6ccccc6oc5c43)cccc12.c1ccc2c(c1)oc1cc(-n3c4ccccc4c4c5c6ccccc6c6ccccc6c5c5c6ccccc6oc5c43)ccc12.c1ccc2c(c1)oc1cccc(-n3c4ccccc4c4c5c6ccccc6c6ccccc6c5c5c6ccccc6oc5c43)c12. The van der Waals surface area contributed by atoms with Gasteiger partial charge in [-0.25, -0.2) is 0 Å². The molecule has 0 unspecified atom stereocenters. The maximum atomic E-state index is 6.96. The average Bonchev–Trinajstić information content (AvgIpc) is 1.54. The number of rotatable bonds is 3. The Labute approximate surface area is 764 Å². The molecule has 0 aliphatic heterocycles. The van der Waals surface area contributed by atoms with Crippen LogP contribution in [0.2, 0.25) is 0 Å². The fraction of sp³-hybridized carbons (Fsp3) is 0. The molecule has 24 aromatic carbocycles. The molecule has 0 N–H and O–H groups in total. The van der Waals surface area contributed by atoms with Gasteiger partial charge in [-0.1, -0.05) is 328 Å². The van der Waals surface area contributed by atoms with E-state index in [9.17, 15) is 0 Å². The zero-order valence-corrected chi connectivity index (χ0v) is 72.1. The molecule has 0 bridgehead atoms. The van der Waals surface area contributed by atoms with Crippen LogP contribution in [0.15, 0.2) is 445 Å². The van der Waals surface area contributed by atoms with Gasteiger partial charge in [-0.3, -0.25) is 0 Å². The number of hydrogen-bond donors (Lipinski definition) is 0. The van der Waals surface area contributed by atoms with Gasteiger partial charge in [-0.2, -0.15) is 0 Å². The highest BCUT2D eigenvalue weighted by Crippen LogP contribution is 2.57. The van der Waals surface area contributed by atoms with Gasteiger partial charge in [0.05, 0.1) is 55.5 Å². The van der Waals surface area contributed by atoms with Crippen LogP contribution in [-0.4, -0.2) is 13.7 Å². The maximum Gasteiger partial charge on any atom is 0.160 e. The van der Waals surface area contributed by atoms with Crippen molar-refractivity contribution in [1.29, 1.82) is 0 Å². The highest BCUT2D eigenvalue weighted by atomic mass is 16.4. The lowest BCUT2D eigenvalue weighted by atomic mass is 9.89. The van der Waals surface area contributed by atoms with Crippen molar-refractivity contribution in [2.75, 3.05) is 0 Å². The average molecular weight is 1720 g/mol. The lowest BCUT2D eigenvalue weighted by Crippen LogP contribution is -1.95. The smallest absolute Gasteiger partial charge is 0.160 e. The Bertz CT molecular complexity index is 11100. The number of para-hydroxylation sites is 10. The van der Waals surface area contributed by atoms with Gasteiger partial charge in [0.2, 0.25) is 0 Å². The van der Waals surface area contributed by atoms with Crippen LogP contribution in [0.3, 0.4) is 0 Å². The molecule has 0 saturated heterocycles. The van der Waals surface area contributed by atoms with Gasteiger partial charge in [0.25, 0.3) is 0 Å². The standard InChI is InChI=1S/3C42H23NO2/c1-3-15-27-24(12-1)25-13-2-4-16-28(25)37-36(27)38-30-17-5-8-20-32(30)43(40(38)42-39(37)31-18-7-10-23-35(31)45-42)33-21-11-19-29-26-14-6-9-22-34(26)44-41(29)33;1-3-14-26-24(12-1)25-13-2-4-15-27(25)38-37(26)39-28-16-5-8-19-31(28)43(41(39)42-40(38)30-18-7-10-22-34(30)45-42)32-20-11-23-35-36(32)29-17-6-9-21-33(29)44-35;1-3-14-29-25(11-1)26-12-2-4-15-30(26)38-37(29)39-31-16-5-8-18-33(31)43(41(39)42-40(38)32-17-7-10-20-35(32)45-42)24-21-22-28-27-13-6-9-19-34(27)44-36(28)23-24/h3*1-23H. The summed E-state index contributed by atoms with van der Waals surface area (Å²) in [4.78, 5) is 0. The zero-order valence-electron chi connectivity index (χ0n) is 72.1. The predicted octanol–water partition coefficient (Wildman–Crippen LogP) is 36.1. The van der Waals surface area contributed by atoms with E-state index in [1.54, 1.807) is 0 Å². The van der Waals surface area contributed by atoms with Gasteiger partial charge in [-0.05, 0) is 150 Å². The van der Waals surface area contributed by atoms with Crippen molar-refractivity contribution >= 4 is 294 Å². The second-order valence-corrected chi connectivity index (χ2v) is 35.9. The molecule has 0 atom stereocenters. The van der Waals surface area contributed by atoms with E-state index >= 15 is 0 Å². The molecule has 0 fully saturated rings. The predicted molar refractivity (Wildman–Crippen MR) is 564 cm³/mol. The Balaban J connectivity index is 0.0000000945. The lowest BCUT2D eigenvalue weighted by molar-refractivity contribution is 0.664. The van der Waals surface area contributed by atoms with Gasteiger partial charge >= 0.3 is 0 Å². The maximum absolute atomic E-state index is 6.96. The number of hydrogen-bond acceptors (Lipinski definition) is 6. The molecule has 33 rings (SSSR count). The van der Waals surface area contributed by atoms with E-state index in [0.29, 0.717) is 0 Å². The number of aromatic nitrogens is 3. The molecule has 0 aliphatic rings. The number of benzene rings is 24. The van der Waals surface area contributed by atoms with E-state index in [1.165, 1.54) is 129 Å². The van der Waals surface area contributed by atoms with Crippen molar-refractivity contribution < 1.29 is 26.5 Å². The normalized spacial score (nSPS) is 12.4. The first-order valence-corrected chi connectivity index (χ1v) is 46.1. The minimum atomic E-state index is 0.870. The van der Waals surface area contributed by atoms with Gasteiger partial charge in [-0.15, -0.1) is 0 Å². The third-order valence-corrected chi connectivity index (χ3v) is 29.2. The minimum absolute atomic E-state index is 0.870. The Kier molecular flexibility index (Phi) is 14.7. The van der Waals surface area contributed by atoms with Gasteiger partial charge < -0.3 is 40.2 Å². The fourth-order valence-electron chi connectivity index (χ4n) is 24.0. The van der Waals surface area contributed by atoms with Crippen molar-refractivity contribution in [3.05, 3.63) is 419 Å². The largest absolute Gasteiger partial charge is 0.456 e. The molecule has 9 heteroatoms. The molecule has 0 aliphatic carbocycles. The fourth-order valence-corrected chi connectivity index (χ4v) is 24.0. The number of furan rings is 6. The van der Waals surface area contributed by atoms with E-state index < -0.39 is 0 Å². The number of fused-ring (bicyclic) bond motifs is 54. The van der Waals surface area contributed by atoms with Gasteiger partial charge in [0.1, 0.15) is 44.7 Å². The van der Waals surface area contributed by atoms with E-state index in [-0.39, 0.29) is 0 Å². The van der Waals surface area contributed by atoms with Crippen molar-refractivity contribution in [3.63, 3.8) is 0 Å². The Hall–Kier alpha value is -18.2. The molecule has 0 radical (unpaired) electrons. The van der Waals surface area contributed by atoms with Crippen molar-refractivity contribution in [3.8, 4) is 17.1 Å². The second kappa shape index (κ2) is 27.2. The van der Waals surface area contributed by atoms with Crippen molar-refractivity contribution in [1.82, 2.24) is 13.7 Å². The van der Waals surface area contributed by atoms with E-state index in [2.05, 4.69) is 396 Å². The third kappa shape index (κ3) is 9.77. The summed E-state index contributed by atoms with van der Waals surface area (Å²) < 4.78 is 47.4. The van der Waals surface area contributed by atoms with Crippen LogP contribution >= 0.6 is 0 Å². The molecule has 0 saturated carbocycles. The molecule has 9 nitrogen and oxygen atoms in total. The summed E-state index contributed by atoms with van der Waals surface area (Å²) in [5, 5.41) is 43.2. The summed E-state index contributed by atoms with van der Waals surface area (Å²) in [5.41, 5.74) is 20.4. The highest BCUT2D eigenvalue weighted by molar-refractivity contribution is 6.49. The summed E-state index contributed by atoms with van der Waals surface area (Å²) in [6.07, 6.45) is 0. The van der Waals surface area contributed by atoms with Gasteiger partial charge in [0, 0.05) is 130 Å². The molecule has 9 heterocycles. The van der Waals surface area contributed by atoms with Crippen LogP contribution in [-0.2, 0) is 0 Å². The van der Waals surface area contributed by atoms with E-state index in [0.717, 1.165) is 182 Å². The Morgan fingerprint density at radius 1 is 0.126 bits per heavy atom. The first kappa shape index (κ1) is 72.7. The lowest BCUT2D eigenvalue weighted by Gasteiger charge is -2.14. The molecule has 0 amide bonds. The quantitative estimate of drug-likeness (QED) is 0.164. The topological polar surface area (TPSA) is 93.6 Å². The van der Waals surface area contributed by atoms with Crippen molar-refractivity contribution in [2.45, 2.75) is 0 Å². The molecule has 135 heavy (non-hydrogen) atoms. The van der Waals surface area contributed by atoms with Crippen LogP contribution in [0.25, 0.3) is 311 Å². The molecule has 624 valence electrons. The van der Waals surface area contributed by atoms with Crippen LogP contribution in [0.1, 0.15) is 0 Å². The summed E-state index contributed by atoms with van der Waals surface area (Å²) in [6, 6.07) is 149. The monoisotopic (exact) mass is 1720 g/mol. The summed E-state index contributed by atoms with van der Waals surface area (Å²) in [7, 11) is 0. The van der Waals surface area contributed by atoms with E-state index in [4.69, 9.17) is 26.5 Å². The number of nitrogens with zero attached hydrogens (tertiary/aromatic N) is 3. The van der Waals surface area contributed by atoms with Crippen LogP contribution in [0.4, 0.5) is 0 Å². The molecular formula is C126H69N3O6.